The van der Waals surface area contributed by atoms with Crippen LogP contribution in [0.5, 0.6) is 0 Å². The fourth-order valence-corrected chi connectivity index (χ4v) is 3.74. The normalized spacial score (nSPS) is 11.0. The van der Waals surface area contributed by atoms with Gasteiger partial charge in [-0.25, -0.2) is 9.37 Å². The molecule has 0 atom stereocenters. The number of carbonyl (C=O) groups excluding carboxylic acids is 1. The van der Waals surface area contributed by atoms with Gasteiger partial charge in [-0.3, -0.25) is 4.79 Å². The maximum absolute atomic E-state index is 12.0. The molecule has 6 heteroatoms. The van der Waals surface area contributed by atoms with Gasteiger partial charge >= 0.3 is 5.97 Å². The van der Waals surface area contributed by atoms with Crippen molar-refractivity contribution < 1.29 is 19.1 Å². The van der Waals surface area contributed by atoms with Crippen molar-refractivity contribution in [1.82, 2.24) is 4.58 Å². The Labute approximate surface area is 179 Å². The Balaban J connectivity index is 2.21. The van der Waals surface area contributed by atoms with Crippen LogP contribution in [0.3, 0.4) is 0 Å². The van der Waals surface area contributed by atoms with Crippen LogP contribution in [0.1, 0.15) is 20.7 Å². The van der Waals surface area contributed by atoms with Crippen LogP contribution in [-0.4, -0.2) is 45.6 Å². The molecule has 1 aliphatic heterocycles. The molecule has 2 aromatic rings. The Hall–Kier alpha value is -3.93. The van der Waals surface area contributed by atoms with E-state index >= 15 is 0 Å². The van der Waals surface area contributed by atoms with Crippen LogP contribution in [0.4, 0.5) is 5.69 Å². The average Bonchev–Trinajstić information content (AvgIpc) is 2.75. The van der Waals surface area contributed by atoms with Crippen LogP contribution in [0, 0.1) is 0 Å². The summed E-state index contributed by atoms with van der Waals surface area (Å²) in [6.45, 7) is 0. The highest BCUT2D eigenvalue weighted by molar-refractivity contribution is 6.08. The summed E-state index contributed by atoms with van der Waals surface area (Å²) in [6, 6.07) is 16.3. The topological polar surface area (TPSA) is 73.8 Å². The molecule has 0 unspecified atom stereocenters. The van der Waals surface area contributed by atoms with Crippen LogP contribution in [0.15, 0.2) is 59.0 Å². The summed E-state index contributed by atoms with van der Waals surface area (Å²) in [7, 11) is 7.79. The lowest BCUT2D eigenvalue weighted by molar-refractivity contribution is 0.0697. The molecule has 1 aliphatic carbocycles. The third kappa shape index (κ3) is 3.57. The first-order valence-electron chi connectivity index (χ1n) is 9.81. The zero-order valence-corrected chi connectivity index (χ0v) is 17.8. The third-order valence-corrected chi connectivity index (χ3v) is 5.40. The fraction of sp³-hybridized carbons (Fsp3) is 0.160. The molecule has 0 bridgehead atoms. The molecule has 31 heavy (non-hydrogen) atoms. The predicted octanol–water partition coefficient (Wildman–Crippen LogP) is 3.81. The molecule has 1 heterocycles. The first kappa shape index (κ1) is 20.3. The number of carboxylic acids is 1. The number of carboxylic acid groups (broad SMARTS) is 1. The second kappa shape index (κ2) is 7.72. The molecule has 0 amide bonds. The first-order chi connectivity index (χ1) is 14.8. The molecule has 0 spiro atoms. The molecule has 4 rings (SSSR count). The van der Waals surface area contributed by atoms with Gasteiger partial charge in [0.15, 0.2) is 0 Å². The van der Waals surface area contributed by atoms with Crippen LogP contribution in [-0.2, 0) is 0 Å². The molecule has 0 aromatic heterocycles. The van der Waals surface area contributed by atoms with Crippen molar-refractivity contribution in [3.05, 3.63) is 71.1 Å². The molecule has 0 fully saturated rings. The second-order valence-corrected chi connectivity index (χ2v) is 7.85. The minimum absolute atomic E-state index is 0.132. The highest BCUT2D eigenvalue weighted by atomic mass is 16.4. The second-order valence-electron chi connectivity index (χ2n) is 7.85. The van der Waals surface area contributed by atoms with Gasteiger partial charge in [-0.2, -0.15) is 0 Å². The molecule has 0 saturated heterocycles. The first-order valence-corrected chi connectivity index (χ1v) is 9.81. The van der Waals surface area contributed by atoms with Crippen molar-refractivity contribution in [3.8, 4) is 22.5 Å². The molecule has 2 aliphatic rings. The van der Waals surface area contributed by atoms with Crippen molar-refractivity contribution in [2.45, 2.75) is 0 Å². The maximum Gasteiger partial charge on any atom is 0.336 e. The lowest BCUT2D eigenvalue weighted by atomic mass is 9.89. The van der Waals surface area contributed by atoms with Gasteiger partial charge in [0.2, 0.25) is 5.36 Å². The largest absolute Gasteiger partial charge is 0.478 e. The standard InChI is InChI=1S/C25H22N2O4/c1-26(2)16-6-9-19-22(12-16)31-23-13-17(27(3)4)7-10-20(23)24(19)21-11-15(14-28)5-8-18(21)25(29)30/h5-14H,1-4H3/p+1. The van der Waals surface area contributed by atoms with Gasteiger partial charge < -0.3 is 14.4 Å². The van der Waals surface area contributed by atoms with E-state index in [9.17, 15) is 14.7 Å². The summed E-state index contributed by atoms with van der Waals surface area (Å²) in [6.07, 6.45) is 0.723. The average molecular weight is 415 g/mol. The Bertz CT molecular complexity index is 1380. The summed E-state index contributed by atoms with van der Waals surface area (Å²) in [4.78, 5) is 25.5. The van der Waals surface area contributed by atoms with Crippen LogP contribution in [0.2, 0.25) is 0 Å². The number of aromatic carboxylic acids is 1. The molecular weight excluding hydrogens is 392 g/mol. The van der Waals surface area contributed by atoms with Crippen LogP contribution in [0.25, 0.3) is 33.4 Å². The monoisotopic (exact) mass is 415 g/mol. The quantitative estimate of drug-likeness (QED) is 0.312. The Morgan fingerprint density at radius 2 is 1.77 bits per heavy atom. The lowest BCUT2D eigenvalue weighted by Crippen LogP contribution is -2.21. The summed E-state index contributed by atoms with van der Waals surface area (Å²) in [5.74, 6) is -0.415. The zero-order chi connectivity index (χ0) is 22.3. The van der Waals surface area contributed by atoms with Gasteiger partial charge in [0.05, 0.1) is 11.6 Å². The number of carbonyl (C=O) groups is 2. The third-order valence-electron chi connectivity index (χ3n) is 5.40. The van der Waals surface area contributed by atoms with E-state index in [0.717, 1.165) is 33.8 Å². The lowest BCUT2D eigenvalue weighted by Gasteiger charge is -2.19. The number of benzene rings is 3. The number of fused-ring (bicyclic) bond motifs is 2. The highest BCUT2D eigenvalue weighted by Crippen LogP contribution is 2.42. The number of anilines is 1. The summed E-state index contributed by atoms with van der Waals surface area (Å²) >= 11 is 0. The van der Waals surface area contributed by atoms with Crippen LogP contribution < -0.4 is 14.8 Å². The van der Waals surface area contributed by atoms with E-state index in [1.165, 1.54) is 12.1 Å². The zero-order valence-electron chi connectivity index (χ0n) is 17.8. The summed E-state index contributed by atoms with van der Waals surface area (Å²) in [5, 5.41) is 11.6. The van der Waals surface area contributed by atoms with Crippen molar-refractivity contribution >= 4 is 28.9 Å². The molecular formula is C25H23N2O4+. The van der Waals surface area contributed by atoms with Crippen molar-refractivity contribution in [1.29, 1.82) is 0 Å². The smallest absolute Gasteiger partial charge is 0.336 e. The number of hydrogen-bond donors (Lipinski definition) is 1. The Morgan fingerprint density at radius 1 is 1.00 bits per heavy atom. The minimum atomic E-state index is -1.05. The van der Waals surface area contributed by atoms with E-state index in [4.69, 9.17) is 4.42 Å². The summed E-state index contributed by atoms with van der Waals surface area (Å²) < 4.78 is 8.25. The molecule has 2 aromatic carbocycles. The Kier molecular flexibility index (Phi) is 5.07. The van der Waals surface area contributed by atoms with Crippen molar-refractivity contribution in [2.75, 3.05) is 33.1 Å². The number of aldehydes is 1. The fourth-order valence-electron chi connectivity index (χ4n) is 3.74. The number of nitrogens with zero attached hydrogens (tertiary/aromatic N) is 2. The molecule has 0 saturated carbocycles. The van der Waals surface area contributed by atoms with E-state index in [-0.39, 0.29) is 5.56 Å². The van der Waals surface area contributed by atoms with Gasteiger partial charge in [0.25, 0.3) is 0 Å². The molecule has 0 radical (unpaired) electrons. The van der Waals surface area contributed by atoms with Gasteiger partial charge in [-0.15, -0.1) is 0 Å². The molecule has 6 nitrogen and oxygen atoms in total. The number of rotatable bonds is 4. The van der Waals surface area contributed by atoms with E-state index in [2.05, 4.69) is 0 Å². The van der Waals surface area contributed by atoms with E-state index in [1.807, 2.05) is 74.1 Å². The van der Waals surface area contributed by atoms with Gasteiger partial charge in [-0.1, -0.05) is 6.07 Å². The minimum Gasteiger partial charge on any atom is -0.478 e. The molecule has 156 valence electrons. The number of hydrogen-bond acceptors (Lipinski definition) is 4. The van der Waals surface area contributed by atoms with Crippen molar-refractivity contribution in [2.24, 2.45) is 0 Å². The van der Waals surface area contributed by atoms with Gasteiger partial charge in [0.1, 0.15) is 31.7 Å². The Morgan fingerprint density at radius 3 is 2.42 bits per heavy atom. The van der Waals surface area contributed by atoms with E-state index < -0.39 is 5.97 Å². The molecule has 1 N–H and O–H groups in total. The van der Waals surface area contributed by atoms with E-state index in [1.54, 1.807) is 6.07 Å². The predicted molar refractivity (Wildman–Crippen MR) is 122 cm³/mol. The highest BCUT2D eigenvalue weighted by Gasteiger charge is 2.22. The van der Waals surface area contributed by atoms with Crippen LogP contribution >= 0.6 is 0 Å². The SMILES string of the molecule is CN(C)c1ccc2c(-c3cc(C=O)ccc3C(=O)O)c3ccc(=[N+](C)C)cc-3oc2c1. The summed E-state index contributed by atoms with van der Waals surface area (Å²) in [5.41, 5.74) is 4.14. The van der Waals surface area contributed by atoms with Gasteiger partial charge in [-0.05, 0) is 35.9 Å². The van der Waals surface area contributed by atoms with Crippen molar-refractivity contribution in [3.63, 3.8) is 0 Å². The van der Waals surface area contributed by atoms with Gasteiger partial charge in [0, 0.05) is 54.0 Å². The maximum atomic E-state index is 12.0. The van der Waals surface area contributed by atoms with E-state index in [0.29, 0.717) is 22.5 Å².